The fourth-order valence-electron chi connectivity index (χ4n) is 7.04. The zero-order valence-corrected chi connectivity index (χ0v) is 34.7. The molecule has 0 aliphatic carbocycles. The first-order valence-corrected chi connectivity index (χ1v) is 18.6. The van der Waals surface area contributed by atoms with Crippen LogP contribution in [0.1, 0.15) is 84.6 Å². The van der Waals surface area contributed by atoms with E-state index in [9.17, 15) is 0 Å². The molecule has 0 saturated carbocycles. The van der Waals surface area contributed by atoms with Gasteiger partial charge >= 0.3 is 21.1 Å². The minimum absolute atomic E-state index is 0. The third-order valence-corrected chi connectivity index (χ3v) is 10.5. The molecule has 0 saturated heterocycles. The summed E-state index contributed by atoms with van der Waals surface area (Å²) in [5, 5.41) is 6.63. The SMILES string of the molecule is Cc1cc(Sc2cc(C(C)(C)C)cc(-c3[c-]ccc(C(C)(C)C)c3)n2)nc2c1oc1cc(CC(C)(C)C)cc3oc4c5ccccc5[c-]c2c4c13.[Pt+2]. The molecule has 0 fully saturated rings. The number of hydrogen-bond acceptors (Lipinski definition) is 5. The molecule has 8 aromatic rings. The zero-order chi connectivity index (χ0) is 36.0. The van der Waals surface area contributed by atoms with Crippen LogP contribution in [0.2, 0.25) is 0 Å². The number of furan rings is 1. The van der Waals surface area contributed by atoms with Crippen molar-refractivity contribution in [2.75, 3.05) is 0 Å². The molecule has 4 nitrogen and oxygen atoms in total. The predicted molar refractivity (Wildman–Crippen MR) is 213 cm³/mol. The Labute approximate surface area is 325 Å². The second-order valence-electron chi connectivity index (χ2n) is 17.3. The number of rotatable bonds is 4. The first kappa shape index (κ1) is 36.4. The number of nitrogens with zero attached hydrogens (tertiary/aromatic N) is 2. The number of benzene rings is 4. The van der Waals surface area contributed by atoms with Crippen LogP contribution in [0.5, 0.6) is 0 Å². The summed E-state index contributed by atoms with van der Waals surface area (Å²) in [6.07, 6.45) is 0.899. The van der Waals surface area contributed by atoms with E-state index in [1.165, 1.54) is 16.7 Å². The summed E-state index contributed by atoms with van der Waals surface area (Å²) in [5.41, 5.74) is 10.6. The molecular weight excluding hydrogens is 840 g/mol. The van der Waals surface area contributed by atoms with Gasteiger partial charge in [0, 0.05) is 10.9 Å². The van der Waals surface area contributed by atoms with Gasteiger partial charge in [0.25, 0.3) is 0 Å². The van der Waals surface area contributed by atoms with Crippen LogP contribution in [0, 0.1) is 24.5 Å². The maximum atomic E-state index is 6.90. The van der Waals surface area contributed by atoms with Crippen molar-refractivity contribution in [3.05, 3.63) is 107 Å². The van der Waals surface area contributed by atoms with Crippen LogP contribution < -0.4 is 0 Å². The Bertz CT molecular complexity index is 2660. The van der Waals surface area contributed by atoms with E-state index in [2.05, 4.69) is 142 Å². The van der Waals surface area contributed by atoms with Gasteiger partial charge in [0.1, 0.15) is 16.7 Å². The first-order valence-electron chi connectivity index (χ1n) is 17.8. The van der Waals surface area contributed by atoms with E-state index < -0.39 is 0 Å². The Morgan fingerprint density at radius 1 is 0.712 bits per heavy atom. The Morgan fingerprint density at radius 3 is 2.08 bits per heavy atom. The van der Waals surface area contributed by atoms with Crippen molar-refractivity contribution < 1.29 is 29.9 Å². The van der Waals surface area contributed by atoms with E-state index in [1.54, 1.807) is 11.8 Å². The molecule has 4 heterocycles. The zero-order valence-electron chi connectivity index (χ0n) is 31.6. The summed E-state index contributed by atoms with van der Waals surface area (Å²) in [6.45, 7) is 22.3. The molecule has 8 rings (SSSR count). The summed E-state index contributed by atoms with van der Waals surface area (Å²) in [5.74, 6) is 0. The van der Waals surface area contributed by atoms with Crippen molar-refractivity contribution in [2.45, 2.75) is 96.5 Å². The molecule has 0 unspecified atom stereocenters. The molecule has 0 spiro atoms. The maximum absolute atomic E-state index is 6.90. The normalized spacial score (nSPS) is 12.8. The summed E-state index contributed by atoms with van der Waals surface area (Å²) in [4.78, 5) is 10.6. The van der Waals surface area contributed by atoms with Gasteiger partial charge in [-0.05, 0) is 87.0 Å². The van der Waals surface area contributed by atoms with Gasteiger partial charge in [-0.3, -0.25) is 9.97 Å². The van der Waals surface area contributed by atoms with Crippen molar-refractivity contribution in [1.82, 2.24) is 9.97 Å². The Kier molecular flexibility index (Phi) is 9.03. The van der Waals surface area contributed by atoms with Crippen molar-refractivity contribution in [2.24, 2.45) is 5.41 Å². The van der Waals surface area contributed by atoms with E-state index in [-0.39, 0.29) is 37.3 Å². The Hall–Kier alpha value is -3.92. The van der Waals surface area contributed by atoms with Crippen LogP contribution in [0.3, 0.4) is 0 Å². The molecular formula is C46H44N2O2PtS. The van der Waals surface area contributed by atoms with Gasteiger partial charge < -0.3 is 8.83 Å². The molecule has 0 aliphatic heterocycles. The van der Waals surface area contributed by atoms with E-state index in [0.29, 0.717) is 0 Å². The van der Waals surface area contributed by atoms with Crippen LogP contribution in [-0.2, 0) is 38.3 Å². The first-order chi connectivity index (χ1) is 24.0. The molecule has 0 radical (unpaired) electrons. The summed E-state index contributed by atoms with van der Waals surface area (Å²) in [7, 11) is 0. The topological polar surface area (TPSA) is 52.1 Å². The molecule has 0 N–H and O–H groups in total. The average molecular weight is 884 g/mol. The molecule has 0 atom stereocenters. The maximum Gasteiger partial charge on any atom is 2.00 e. The predicted octanol–water partition coefficient (Wildman–Crippen LogP) is 13.3. The molecule has 4 aromatic heterocycles. The molecule has 4 aromatic carbocycles. The van der Waals surface area contributed by atoms with Crippen molar-refractivity contribution >= 4 is 66.5 Å². The van der Waals surface area contributed by atoms with Gasteiger partial charge in [-0.2, -0.15) is 0 Å². The van der Waals surface area contributed by atoms with Crippen molar-refractivity contribution in [3.8, 4) is 11.3 Å². The minimum atomic E-state index is -0.0739. The molecule has 6 heteroatoms. The standard InChI is InChI=1S/C46H44N2O2S.Pt/c1-26-18-37(51-38-24-31(46(8,9)10)23-34(47-38)29-15-13-16-30(21-29)45(5,6)7)48-41-33-22-28-14-11-12-17-32(28)43-39(33)40-35(49-42(26)41)19-27(20-36(40)50-43)25-44(2,3)4;/h11-14,16-21,23-24H,25H2,1-10H3;/q-2;+2. The van der Waals surface area contributed by atoms with E-state index in [4.69, 9.17) is 18.8 Å². The van der Waals surface area contributed by atoms with Gasteiger partial charge in [-0.15, -0.1) is 52.9 Å². The largest absolute Gasteiger partial charge is 2.00 e. The summed E-state index contributed by atoms with van der Waals surface area (Å²) in [6, 6.07) is 32.8. The third kappa shape index (κ3) is 6.72. The van der Waals surface area contributed by atoms with Crippen LogP contribution in [0.25, 0.3) is 66.0 Å². The second kappa shape index (κ2) is 12.9. The fourth-order valence-corrected chi connectivity index (χ4v) is 7.96. The Morgan fingerprint density at radius 2 is 1.38 bits per heavy atom. The Balaban J connectivity index is 0.00000420. The quantitative estimate of drug-likeness (QED) is 0.165. The van der Waals surface area contributed by atoms with Crippen LogP contribution in [0.4, 0.5) is 0 Å². The van der Waals surface area contributed by atoms with Crippen molar-refractivity contribution in [1.29, 1.82) is 0 Å². The van der Waals surface area contributed by atoms with Crippen LogP contribution in [0.15, 0.2) is 91.7 Å². The monoisotopic (exact) mass is 883 g/mol. The van der Waals surface area contributed by atoms with Gasteiger partial charge in [-0.25, -0.2) is 0 Å². The van der Waals surface area contributed by atoms with Gasteiger partial charge in [-0.1, -0.05) is 104 Å². The van der Waals surface area contributed by atoms with E-state index >= 15 is 0 Å². The summed E-state index contributed by atoms with van der Waals surface area (Å²) >= 11 is 1.58. The number of pyridine rings is 2. The number of hydrogen-bond donors (Lipinski definition) is 0. The van der Waals surface area contributed by atoms with Gasteiger partial charge in [0.05, 0.1) is 15.6 Å². The molecule has 52 heavy (non-hydrogen) atoms. The minimum Gasteiger partial charge on any atom is -0.472 e. The average Bonchev–Trinajstić information content (AvgIpc) is 3.37. The number of fused-ring (bicyclic) bond motifs is 4. The third-order valence-electron chi connectivity index (χ3n) is 9.64. The smallest absolute Gasteiger partial charge is 0.472 e. The van der Waals surface area contributed by atoms with Gasteiger partial charge in [0.2, 0.25) is 0 Å². The van der Waals surface area contributed by atoms with Crippen LogP contribution >= 0.6 is 11.8 Å². The van der Waals surface area contributed by atoms with Crippen LogP contribution in [-0.4, -0.2) is 9.97 Å². The van der Waals surface area contributed by atoms with E-state index in [0.717, 1.165) is 88.1 Å². The molecule has 0 amide bonds. The van der Waals surface area contributed by atoms with Crippen molar-refractivity contribution in [3.63, 3.8) is 0 Å². The number of aryl methyl sites for hydroxylation is 1. The fraction of sp³-hybridized carbons (Fsp3) is 0.304. The summed E-state index contributed by atoms with van der Waals surface area (Å²) < 4.78 is 13.6. The van der Waals surface area contributed by atoms with E-state index in [1.807, 2.05) is 12.1 Å². The number of aromatic nitrogens is 2. The molecule has 0 aliphatic rings. The van der Waals surface area contributed by atoms with Gasteiger partial charge in [0.15, 0.2) is 0 Å². The molecule has 266 valence electrons. The molecule has 0 bridgehead atoms. The second-order valence-corrected chi connectivity index (χ2v) is 18.3.